The molecule has 2 aliphatic heterocycles. The summed E-state index contributed by atoms with van der Waals surface area (Å²) in [6.45, 7) is 14.1. The number of hydrogen-bond donors (Lipinski definition) is 1. The van der Waals surface area contributed by atoms with Crippen LogP contribution in [0.1, 0.15) is 47.0 Å². The Balaban J connectivity index is 1.82. The van der Waals surface area contributed by atoms with Crippen molar-refractivity contribution in [1.29, 1.82) is 0 Å². The molecule has 33 heavy (non-hydrogen) atoms. The van der Waals surface area contributed by atoms with Crippen molar-refractivity contribution in [3.8, 4) is 0 Å². The highest BCUT2D eigenvalue weighted by Gasteiger charge is 2.63. The van der Waals surface area contributed by atoms with Gasteiger partial charge in [0.2, 0.25) is 0 Å². The number of carbonyl (C=O) groups excluding carboxylic acids is 3. The van der Waals surface area contributed by atoms with Crippen LogP contribution in [0.15, 0.2) is 47.6 Å². The minimum absolute atomic E-state index is 0.201. The van der Waals surface area contributed by atoms with E-state index in [1.807, 2.05) is 13.8 Å². The van der Waals surface area contributed by atoms with Crippen LogP contribution in [-0.4, -0.2) is 59.6 Å². The molecule has 0 aromatic rings. The highest BCUT2D eigenvalue weighted by molar-refractivity contribution is 5.93. The van der Waals surface area contributed by atoms with Crippen molar-refractivity contribution >= 4 is 17.9 Å². The molecule has 180 valence electrons. The molecule has 6 atom stereocenters. The van der Waals surface area contributed by atoms with Gasteiger partial charge >= 0.3 is 17.9 Å². The molecule has 0 saturated carbocycles. The van der Waals surface area contributed by atoms with Crippen molar-refractivity contribution in [2.24, 2.45) is 5.92 Å². The van der Waals surface area contributed by atoms with Crippen molar-refractivity contribution in [3.05, 3.63) is 47.6 Å². The number of aliphatic hydroxyl groups is 1. The number of hydrogen-bond acceptors (Lipinski definition) is 8. The average Bonchev–Trinajstić information content (AvgIpc) is 3.35. The zero-order valence-corrected chi connectivity index (χ0v) is 19.6. The lowest BCUT2D eigenvalue weighted by Gasteiger charge is -2.29. The molecule has 2 saturated heterocycles. The second kappa shape index (κ2) is 9.65. The third-order valence-electron chi connectivity index (χ3n) is 6.64. The molecule has 0 spiro atoms. The van der Waals surface area contributed by atoms with Crippen LogP contribution in [0.3, 0.4) is 0 Å². The lowest BCUT2D eigenvalue weighted by Crippen LogP contribution is -2.39. The first kappa shape index (κ1) is 24.9. The van der Waals surface area contributed by atoms with E-state index in [1.54, 1.807) is 19.9 Å². The van der Waals surface area contributed by atoms with Crippen LogP contribution in [0.2, 0.25) is 0 Å². The SMILES string of the molecule is C=C1C(=O)O[C@H]2[C@H]1[C@H](OC(=O)C(=C)[C@H](CO)OC(=O)/C(C)=C\C)C/C(C)=C/CC[C@@]1(C)O[C@@H]21. The van der Waals surface area contributed by atoms with Gasteiger partial charge in [-0.15, -0.1) is 0 Å². The summed E-state index contributed by atoms with van der Waals surface area (Å²) in [5.41, 5.74) is 0.926. The Bertz CT molecular complexity index is 929. The van der Waals surface area contributed by atoms with E-state index in [1.165, 1.54) is 0 Å². The zero-order valence-electron chi connectivity index (χ0n) is 19.6. The predicted molar refractivity (Wildman–Crippen MR) is 119 cm³/mol. The van der Waals surface area contributed by atoms with Crippen LogP contribution in [0.4, 0.5) is 0 Å². The van der Waals surface area contributed by atoms with E-state index in [9.17, 15) is 19.5 Å². The maximum Gasteiger partial charge on any atom is 0.337 e. The van der Waals surface area contributed by atoms with Gasteiger partial charge in [-0.25, -0.2) is 14.4 Å². The van der Waals surface area contributed by atoms with Crippen LogP contribution in [0.25, 0.3) is 0 Å². The van der Waals surface area contributed by atoms with Gasteiger partial charge in [0.15, 0.2) is 6.10 Å². The Morgan fingerprint density at radius 2 is 2.09 bits per heavy atom. The summed E-state index contributed by atoms with van der Waals surface area (Å²) < 4.78 is 22.5. The summed E-state index contributed by atoms with van der Waals surface area (Å²) in [5.74, 6) is -2.63. The van der Waals surface area contributed by atoms with Crippen LogP contribution >= 0.6 is 0 Å². The minimum atomic E-state index is -1.26. The van der Waals surface area contributed by atoms with Gasteiger partial charge in [-0.1, -0.05) is 30.9 Å². The quantitative estimate of drug-likeness (QED) is 0.212. The number of allylic oxidation sites excluding steroid dienone is 2. The number of esters is 3. The third-order valence-corrected chi connectivity index (χ3v) is 6.64. The molecular formula is C25H32O8. The average molecular weight is 461 g/mol. The monoisotopic (exact) mass is 460 g/mol. The van der Waals surface area contributed by atoms with Gasteiger partial charge in [0.25, 0.3) is 0 Å². The maximum atomic E-state index is 13.0. The van der Waals surface area contributed by atoms with E-state index >= 15 is 0 Å². The summed E-state index contributed by atoms with van der Waals surface area (Å²) in [7, 11) is 0. The first-order chi connectivity index (χ1) is 15.5. The molecule has 8 heteroatoms. The number of aliphatic hydroxyl groups excluding tert-OH is 1. The molecule has 8 nitrogen and oxygen atoms in total. The molecule has 0 aromatic heterocycles. The predicted octanol–water partition coefficient (Wildman–Crippen LogP) is 2.71. The van der Waals surface area contributed by atoms with Crippen molar-refractivity contribution < 1.29 is 38.4 Å². The van der Waals surface area contributed by atoms with E-state index in [4.69, 9.17) is 18.9 Å². The molecular weight excluding hydrogens is 428 g/mol. The lowest BCUT2D eigenvalue weighted by molar-refractivity contribution is -0.152. The van der Waals surface area contributed by atoms with Gasteiger partial charge in [0, 0.05) is 17.6 Å². The maximum absolute atomic E-state index is 13.0. The van der Waals surface area contributed by atoms with Crippen LogP contribution in [0.5, 0.6) is 0 Å². The Hall–Kier alpha value is -2.71. The summed E-state index contributed by atoms with van der Waals surface area (Å²) in [4.78, 5) is 37.4. The van der Waals surface area contributed by atoms with Gasteiger partial charge < -0.3 is 24.1 Å². The first-order valence-electron chi connectivity index (χ1n) is 11.1. The smallest absolute Gasteiger partial charge is 0.337 e. The van der Waals surface area contributed by atoms with Gasteiger partial charge in [-0.3, -0.25) is 0 Å². The van der Waals surface area contributed by atoms with Crippen molar-refractivity contribution in [2.45, 2.75) is 77.0 Å². The van der Waals surface area contributed by atoms with E-state index in [-0.39, 0.29) is 17.3 Å². The second-order valence-corrected chi connectivity index (χ2v) is 9.08. The fourth-order valence-corrected chi connectivity index (χ4v) is 4.32. The zero-order chi connectivity index (χ0) is 24.5. The summed E-state index contributed by atoms with van der Waals surface area (Å²) in [6, 6.07) is 0. The van der Waals surface area contributed by atoms with Crippen LogP contribution in [0, 0.1) is 5.92 Å². The molecule has 1 N–H and O–H groups in total. The number of fused-ring (bicyclic) bond motifs is 3. The van der Waals surface area contributed by atoms with Crippen molar-refractivity contribution in [3.63, 3.8) is 0 Å². The molecule has 1 aliphatic carbocycles. The molecule has 0 bridgehead atoms. The molecule has 3 aliphatic rings. The fraction of sp³-hybridized carbons (Fsp3) is 0.560. The van der Waals surface area contributed by atoms with E-state index < -0.39 is 54.3 Å². The largest absolute Gasteiger partial charge is 0.458 e. The lowest BCUT2D eigenvalue weighted by atomic mass is 9.82. The summed E-state index contributed by atoms with van der Waals surface area (Å²) >= 11 is 0. The minimum Gasteiger partial charge on any atom is -0.458 e. The Morgan fingerprint density at radius 1 is 1.39 bits per heavy atom. The molecule has 0 aromatic carbocycles. The summed E-state index contributed by atoms with van der Waals surface area (Å²) in [5, 5.41) is 9.67. The molecule has 0 unspecified atom stereocenters. The van der Waals surface area contributed by atoms with Crippen LogP contribution < -0.4 is 0 Å². The number of epoxide rings is 1. The Labute approximate surface area is 193 Å². The highest BCUT2D eigenvalue weighted by Crippen LogP contribution is 2.50. The fourth-order valence-electron chi connectivity index (χ4n) is 4.32. The standard InChI is InChI=1S/C25H32O8/c1-7-14(3)22(27)31-18(12-26)15(4)23(28)30-17-11-13(2)9-8-10-25(6)21(33-25)20-19(17)16(5)24(29)32-20/h7,9,17-21,26H,4-5,8,10-12H2,1-3,6H3/b13-9+,14-7-/t17-,18+,19-,20+,21+,25-/m1/s1. The van der Waals surface area contributed by atoms with E-state index in [2.05, 4.69) is 19.2 Å². The summed E-state index contributed by atoms with van der Waals surface area (Å²) in [6.07, 6.45) is 2.61. The molecule has 2 fully saturated rings. The molecule has 0 radical (unpaired) electrons. The third kappa shape index (κ3) is 5.12. The van der Waals surface area contributed by atoms with Gasteiger partial charge in [-0.2, -0.15) is 0 Å². The molecule has 3 rings (SSSR count). The van der Waals surface area contributed by atoms with Crippen molar-refractivity contribution in [2.75, 3.05) is 6.61 Å². The number of ether oxygens (including phenoxy) is 4. The molecule has 2 heterocycles. The number of rotatable bonds is 6. The Kier molecular flexibility index (Phi) is 7.29. The van der Waals surface area contributed by atoms with E-state index in [0.29, 0.717) is 12.0 Å². The Morgan fingerprint density at radius 3 is 2.73 bits per heavy atom. The highest BCUT2D eigenvalue weighted by atomic mass is 16.6. The van der Waals surface area contributed by atoms with Gasteiger partial charge in [-0.05, 0) is 40.5 Å². The second-order valence-electron chi connectivity index (χ2n) is 9.08. The topological polar surface area (TPSA) is 112 Å². The first-order valence-corrected chi connectivity index (χ1v) is 11.1. The van der Waals surface area contributed by atoms with Gasteiger partial charge in [0.1, 0.15) is 18.3 Å². The number of carbonyl (C=O) groups is 3. The van der Waals surface area contributed by atoms with Crippen molar-refractivity contribution in [1.82, 2.24) is 0 Å². The molecule has 0 amide bonds. The van der Waals surface area contributed by atoms with E-state index in [0.717, 1.165) is 18.4 Å². The van der Waals surface area contributed by atoms with Gasteiger partial charge in [0.05, 0.1) is 23.7 Å². The normalized spacial score (nSPS) is 34.1. The van der Waals surface area contributed by atoms with Crippen LogP contribution in [-0.2, 0) is 33.3 Å².